The van der Waals surface area contributed by atoms with Crippen LogP contribution in [0.5, 0.6) is 11.5 Å². The largest absolute Gasteiger partial charge is 0.493 e. The van der Waals surface area contributed by atoms with E-state index in [1.807, 2.05) is 49.4 Å². The van der Waals surface area contributed by atoms with Crippen molar-refractivity contribution in [1.29, 1.82) is 0 Å². The highest BCUT2D eigenvalue weighted by molar-refractivity contribution is 8.00. The van der Waals surface area contributed by atoms with Gasteiger partial charge in [-0.2, -0.15) is 0 Å². The van der Waals surface area contributed by atoms with Crippen LogP contribution in [0.25, 0.3) is 0 Å². The van der Waals surface area contributed by atoms with Crippen molar-refractivity contribution in [2.75, 3.05) is 19.5 Å². The molecular formula is C20H24N2O4S. The van der Waals surface area contributed by atoms with Crippen LogP contribution in [0.2, 0.25) is 0 Å². The summed E-state index contributed by atoms with van der Waals surface area (Å²) in [5, 5.41) is 5.40. The van der Waals surface area contributed by atoms with E-state index in [-0.39, 0.29) is 17.1 Å². The lowest BCUT2D eigenvalue weighted by atomic mass is 10.2. The lowest BCUT2D eigenvalue weighted by molar-refractivity contribution is -0.120. The third-order valence-electron chi connectivity index (χ3n) is 3.77. The Labute approximate surface area is 163 Å². The van der Waals surface area contributed by atoms with Gasteiger partial charge in [0.15, 0.2) is 11.5 Å². The Morgan fingerprint density at radius 2 is 1.70 bits per heavy atom. The first-order valence-corrected chi connectivity index (χ1v) is 9.34. The molecule has 0 radical (unpaired) electrons. The number of hydrogen-bond donors (Lipinski definition) is 2. The molecule has 2 aromatic carbocycles. The van der Waals surface area contributed by atoms with Crippen molar-refractivity contribution in [2.45, 2.75) is 30.5 Å². The van der Waals surface area contributed by atoms with E-state index in [4.69, 9.17) is 9.47 Å². The van der Waals surface area contributed by atoms with Crippen LogP contribution in [0.4, 0.5) is 5.69 Å². The highest BCUT2D eigenvalue weighted by Crippen LogP contribution is 2.28. The first-order chi connectivity index (χ1) is 12.9. The van der Waals surface area contributed by atoms with Gasteiger partial charge < -0.3 is 20.1 Å². The smallest absolute Gasteiger partial charge is 0.233 e. The van der Waals surface area contributed by atoms with Crippen molar-refractivity contribution in [3.63, 3.8) is 0 Å². The second kappa shape index (κ2) is 9.87. The molecule has 0 aromatic heterocycles. The van der Waals surface area contributed by atoms with Gasteiger partial charge in [0.25, 0.3) is 0 Å². The van der Waals surface area contributed by atoms with E-state index in [1.54, 1.807) is 14.2 Å². The summed E-state index contributed by atoms with van der Waals surface area (Å²) in [5.74, 6) is 1.11. The minimum atomic E-state index is -0.253. The molecule has 2 amide bonds. The molecule has 0 aliphatic rings. The van der Waals surface area contributed by atoms with Gasteiger partial charge in [-0.25, -0.2) is 0 Å². The highest BCUT2D eigenvalue weighted by Gasteiger charge is 2.14. The van der Waals surface area contributed by atoms with Crippen molar-refractivity contribution < 1.29 is 19.1 Å². The topological polar surface area (TPSA) is 76.7 Å². The highest BCUT2D eigenvalue weighted by atomic mass is 32.2. The molecule has 0 saturated heterocycles. The molecule has 27 heavy (non-hydrogen) atoms. The van der Waals surface area contributed by atoms with Crippen molar-refractivity contribution in [1.82, 2.24) is 5.32 Å². The average molecular weight is 388 g/mol. The molecule has 2 rings (SSSR count). The van der Waals surface area contributed by atoms with E-state index in [9.17, 15) is 9.59 Å². The van der Waals surface area contributed by atoms with Crippen LogP contribution < -0.4 is 20.1 Å². The summed E-state index contributed by atoms with van der Waals surface area (Å²) in [4.78, 5) is 24.4. The Morgan fingerprint density at radius 3 is 2.30 bits per heavy atom. The van der Waals surface area contributed by atoms with Gasteiger partial charge in [0.1, 0.15) is 0 Å². The Bertz CT molecular complexity index is 793. The van der Waals surface area contributed by atoms with Crippen LogP contribution in [0, 0.1) is 0 Å². The zero-order chi connectivity index (χ0) is 19.8. The Kier molecular flexibility index (Phi) is 7.55. The van der Waals surface area contributed by atoms with Gasteiger partial charge in [-0.3, -0.25) is 9.59 Å². The van der Waals surface area contributed by atoms with Crippen LogP contribution >= 0.6 is 11.8 Å². The molecule has 0 aliphatic heterocycles. The second-order valence-corrected chi connectivity index (χ2v) is 7.29. The number of hydrogen-bond acceptors (Lipinski definition) is 5. The van der Waals surface area contributed by atoms with Gasteiger partial charge in [0, 0.05) is 24.1 Å². The summed E-state index contributed by atoms with van der Waals surface area (Å²) < 4.78 is 10.5. The molecule has 7 heteroatoms. The minimum absolute atomic E-state index is 0.0549. The fourth-order valence-corrected chi connectivity index (χ4v) is 3.29. The number of carbonyl (C=O) groups excluding carboxylic acids is 2. The lowest BCUT2D eigenvalue weighted by Gasteiger charge is -2.14. The SMILES string of the molecule is COc1ccc(CNC(=O)[C@@H](C)Sc2ccc(NC(C)=O)cc2)cc1OC. The first kappa shape index (κ1) is 20.6. The number of anilines is 1. The third kappa shape index (κ3) is 6.21. The number of methoxy groups -OCH3 is 2. The average Bonchev–Trinajstić information content (AvgIpc) is 2.66. The van der Waals surface area contributed by atoms with Crippen LogP contribution in [0.15, 0.2) is 47.4 Å². The van der Waals surface area contributed by atoms with Gasteiger partial charge in [-0.15, -0.1) is 11.8 Å². The van der Waals surface area contributed by atoms with E-state index in [0.717, 1.165) is 16.1 Å². The fraction of sp³-hybridized carbons (Fsp3) is 0.300. The van der Waals surface area contributed by atoms with Gasteiger partial charge in [-0.05, 0) is 48.9 Å². The van der Waals surface area contributed by atoms with Gasteiger partial charge in [0.2, 0.25) is 11.8 Å². The monoisotopic (exact) mass is 388 g/mol. The molecule has 144 valence electrons. The Hall–Kier alpha value is -2.67. The molecule has 0 unspecified atom stereocenters. The summed E-state index contributed by atoms with van der Waals surface area (Å²) in [6.07, 6.45) is 0. The number of amides is 2. The summed E-state index contributed by atoms with van der Waals surface area (Å²) in [6, 6.07) is 12.9. The molecular weight excluding hydrogens is 364 g/mol. The molecule has 6 nitrogen and oxygen atoms in total. The number of benzene rings is 2. The molecule has 0 heterocycles. The molecule has 2 N–H and O–H groups in total. The molecule has 0 fully saturated rings. The van der Waals surface area contributed by atoms with Crippen LogP contribution in [0.3, 0.4) is 0 Å². The number of rotatable bonds is 8. The van der Waals surface area contributed by atoms with E-state index in [1.165, 1.54) is 18.7 Å². The lowest BCUT2D eigenvalue weighted by Crippen LogP contribution is -2.30. The van der Waals surface area contributed by atoms with Crippen molar-refractivity contribution in [3.8, 4) is 11.5 Å². The Balaban J connectivity index is 1.89. The zero-order valence-electron chi connectivity index (χ0n) is 15.9. The van der Waals surface area contributed by atoms with Crippen molar-refractivity contribution >= 4 is 29.3 Å². The minimum Gasteiger partial charge on any atom is -0.493 e. The number of thioether (sulfide) groups is 1. The molecule has 2 aromatic rings. The van der Waals surface area contributed by atoms with Crippen LogP contribution in [0.1, 0.15) is 19.4 Å². The van der Waals surface area contributed by atoms with E-state index >= 15 is 0 Å². The fourth-order valence-electron chi connectivity index (χ4n) is 2.40. The molecule has 0 saturated carbocycles. The maximum absolute atomic E-state index is 12.4. The number of carbonyl (C=O) groups is 2. The maximum Gasteiger partial charge on any atom is 0.233 e. The predicted molar refractivity (Wildman–Crippen MR) is 107 cm³/mol. The van der Waals surface area contributed by atoms with E-state index in [2.05, 4.69) is 10.6 Å². The third-order valence-corrected chi connectivity index (χ3v) is 4.88. The van der Waals surface area contributed by atoms with E-state index < -0.39 is 0 Å². The zero-order valence-corrected chi connectivity index (χ0v) is 16.7. The van der Waals surface area contributed by atoms with Crippen LogP contribution in [-0.4, -0.2) is 31.3 Å². The van der Waals surface area contributed by atoms with Crippen molar-refractivity contribution in [3.05, 3.63) is 48.0 Å². The second-order valence-electron chi connectivity index (χ2n) is 5.87. The van der Waals surface area contributed by atoms with Crippen LogP contribution in [-0.2, 0) is 16.1 Å². The molecule has 0 aliphatic carbocycles. The summed E-state index contributed by atoms with van der Waals surface area (Å²) >= 11 is 1.46. The van der Waals surface area contributed by atoms with Gasteiger partial charge in [-0.1, -0.05) is 6.07 Å². The number of nitrogens with one attached hydrogen (secondary N) is 2. The summed E-state index contributed by atoms with van der Waals surface area (Å²) in [7, 11) is 3.16. The molecule has 0 bridgehead atoms. The molecule has 1 atom stereocenters. The molecule has 0 spiro atoms. The standard InChI is InChI=1S/C20H24N2O4S/c1-13(27-17-8-6-16(7-9-17)22-14(2)23)20(24)21-12-15-5-10-18(25-3)19(11-15)26-4/h5-11,13H,12H2,1-4H3,(H,21,24)(H,22,23)/t13-/m1/s1. The van der Waals surface area contributed by atoms with Gasteiger partial charge in [0.05, 0.1) is 19.5 Å². The number of ether oxygens (including phenoxy) is 2. The summed E-state index contributed by atoms with van der Waals surface area (Å²) in [6.45, 7) is 3.73. The Morgan fingerprint density at radius 1 is 1.04 bits per heavy atom. The maximum atomic E-state index is 12.4. The predicted octanol–water partition coefficient (Wildman–Crippen LogP) is 3.46. The van der Waals surface area contributed by atoms with Gasteiger partial charge >= 0.3 is 0 Å². The van der Waals surface area contributed by atoms with E-state index in [0.29, 0.717) is 18.0 Å². The quantitative estimate of drug-likeness (QED) is 0.677. The normalized spacial score (nSPS) is 11.4. The first-order valence-electron chi connectivity index (χ1n) is 8.46. The summed E-state index contributed by atoms with van der Waals surface area (Å²) in [5.41, 5.74) is 1.66. The van der Waals surface area contributed by atoms with Crippen molar-refractivity contribution in [2.24, 2.45) is 0 Å².